The van der Waals surface area contributed by atoms with Crippen LogP contribution in [0.25, 0.3) is 0 Å². The first-order chi connectivity index (χ1) is 10.1. The third kappa shape index (κ3) is 5.70. The van der Waals surface area contributed by atoms with Gasteiger partial charge in [0.05, 0.1) is 11.7 Å². The van der Waals surface area contributed by atoms with Crippen LogP contribution in [-0.2, 0) is 4.74 Å². The molecule has 1 aromatic rings. The quantitative estimate of drug-likeness (QED) is 0.489. The van der Waals surface area contributed by atoms with Crippen molar-refractivity contribution in [2.45, 2.75) is 45.0 Å². The molecule has 1 amide bonds. The van der Waals surface area contributed by atoms with E-state index in [1.807, 2.05) is 0 Å². The van der Waals surface area contributed by atoms with Crippen LogP contribution in [0.3, 0.4) is 0 Å². The van der Waals surface area contributed by atoms with E-state index in [1.165, 1.54) is 0 Å². The Balaban J connectivity index is 2.53. The van der Waals surface area contributed by atoms with Crippen LogP contribution in [0.2, 0.25) is 0 Å². The van der Waals surface area contributed by atoms with Gasteiger partial charge in [0.1, 0.15) is 11.7 Å². The van der Waals surface area contributed by atoms with Crippen LogP contribution in [0.15, 0.2) is 15.7 Å². The monoisotopic (exact) mass is 315 g/mol. The lowest BCUT2D eigenvalue weighted by Gasteiger charge is -2.21. The van der Waals surface area contributed by atoms with Crippen molar-refractivity contribution in [2.75, 3.05) is 6.54 Å². The van der Waals surface area contributed by atoms with Gasteiger partial charge in [-0.05, 0) is 27.2 Å². The summed E-state index contributed by atoms with van der Waals surface area (Å²) in [6, 6.07) is 0.911. The number of aliphatic hydroxyl groups excluding tert-OH is 2. The molecule has 1 heterocycles. The van der Waals surface area contributed by atoms with E-state index in [1.54, 1.807) is 20.8 Å². The Labute approximate surface area is 126 Å². The van der Waals surface area contributed by atoms with E-state index < -0.39 is 35.0 Å². The number of ether oxygens (including phenoxy) is 1. The summed E-state index contributed by atoms with van der Waals surface area (Å²) in [7, 11) is 0. The van der Waals surface area contributed by atoms with Gasteiger partial charge in [-0.15, -0.1) is 0 Å². The van der Waals surface area contributed by atoms with Crippen molar-refractivity contribution in [2.24, 2.45) is 0 Å². The number of alkyl carbamates (subject to hydrolysis) is 1. The fourth-order valence-electron chi connectivity index (χ4n) is 1.65. The van der Waals surface area contributed by atoms with Crippen molar-refractivity contribution < 1.29 is 19.7 Å². The first kappa shape index (κ1) is 17.9. The molecule has 9 heteroatoms. The van der Waals surface area contributed by atoms with E-state index in [-0.39, 0.29) is 18.5 Å². The summed E-state index contributed by atoms with van der Waals surface area (Å²) in [5, 5.41) is 26.2. The average molecular weight is 315 g/mol. The average Bonchev–Trinajstić information content (AvgIpc) is 2.38. The number of aromatic nitrogens is 2. The van der Waals surface area contributed by atoms with Crippen molar-refractivity contribution in [3.63, 3.8) is 0 Å². The summed E-state index contributed by atoms with van der Waals surface area (Å²) in [5.74, 6) is 0. The lowest BCUT2D eigenvalue weighted by molar-refractivity contribution is 0.0114. The zero-order valence-corrected chi connectivity index (χ0v) is 12.7. The normalized spacial score (nSPS) is 14.2. The molecule has 0 radical (unpaired) electrons. The predicted octanol–water partition coefficient (Wildman–Crippen LogP) is -0.628. The maximum absolute atomic E-state index is 11.5. The summed E-state index contributed by atoms with van der Waals surface area (Å²) in [5.41, 5.74) is -2.19. The Hall–Kier alpha value is -2.13. The predicted molar refractivity (Wildman–Crippen MR) is 77.5 cm³/mol. The Bertz CT molecular complexity index is 615. The topological polar surface area (TPSA) is 145 Å². The standard InChI is InChI=1S/C13H21N3O6/c1-13(2,3)22-12(21)14-5-4-8(17)10(19)7-6-9(18)15-16-11(7)20/h6,8,10,17,19H,4-5H2,1-3H3,(H,14,21)(H,15,18)(H,16,20). The first-order valence-corrected chi connectivity index (χ1v) is 6.75. The summed E-state index contributed by atoms with van der Waals surface area (Å²) < 4.78 is 5.00. The second kappa shape index (κ2) is 7.23. The largest absolute Gasteiger partial charge is 0.444 e. The molecule has 0 bridgehead atoms. The molecule has 5 N–H and O–H groups in total. The molecule has 0 aliphatic carbocycles. The molecule has 2 atom stereocenters. The van der Waals surface area contributed by atoms with Crippen LogP contribution >= 0.6 is 0 Å². The van der Waals surface area contributed by atoms with Crippen LogP contribution in [0.1, 0.15) is 38.9 Å². The van der Waals surface area contributed by atoms with Gasteiger partial charge in [0.25, 0.3) is 11.1 Å². The van der Waals surface area contributed by atoms with Gasteiger partial charge in [-0.25, -0.2) is 4.79 Å². The highest BCUT2D eigenvalue weighted by molar-refractivity contribution is 5.67. The number of rotatable bonds is 5. The first-order valence-electron chi connectivity index (χ1n) is 6.75. The molecule has 0 aliphatic rings. The van der Waals surface area contributed by atoms with E-state index in [4.69, 9.17) is 4.74 Å². The zero-order chi connectivity index (χ0) is 16.9. The third-order valence-corrected chi connectivity index (χ3v) is 2.64. The lowest BCUT2D eigenvalue weighted by atomic mass is 10.0. The van der Waals surface area contributed by atoms with E-state index in [0.29, 0.717) is 0 Å². The number of H-pyrrole nitrogens is 2. The molecule has 2 unspecified atom stereocenters. The van der Waals surface area contributed by atoms with Crippen molar-refractivity contribution in [1.82, 2.24) is 15.5 Å². The molecule has 0 fully saturated rings. The summed E-state index contributed by atoms with van der Waals surface area (Å²) in [4.78, 5) is 34.0. The molecular weight excluding hydrogens is 294 g/mol. The number of nitrogens with one attached hydrogen (secondary N) is 3. The molecule has 22 heavy (non-hydrogen) atoms. The number of aliphatic hydroxyl groups is 2. The highest BCUT2D eigenvalue weighted by atomic mass is 16.6. The van der Waals surface area contributed by atoms with E-state index in [2.05, 4.69) is 15.5 Å². The summed E-state index contributed by atoms with van der Waals surface area (Å²) in [6.07, 6.45) is -3.53. The third-order valence-electron chi connectivity index (χ3n) is 2.64. The molecule has 0 saturated carbocycles. The van der Waals surface area contributed by atoms with Crippen LogP contribution in [-0.4, -0.2) is 44.8 Å². The van der Waals surface area contributed by atoms with Gasteiger partial charge in [0.2, 0.25) is 0 Å². The van der Waals surface area contributed by atoms with Crippen molar-refractivity contribution in [3.05, 3.63) is 32.3 Å². The Morgan fingerprint density at radius 2 is 1.95 bits per heavy atom. The van der Waals surface area contributed by atoms with Gasteiger partial charge in [-0.3, -0.25) is 19.8 Å². The minimum absolute atomic E-state index is 0.0212. The van der Waals surface area contributed by atoms with Gasteiger partial charge >= 0.3 is 6.09 Å². The molecule has 9 nitrogen and oxygen atoms in total. The number of hydrogen-bond acceptors (Lipinski definition) is 6. The van der Waals surface area contributed by atoms with E-state index >= 15 is 0 Å². The fraction of sp³-hybridized carbons (Fsp3) is 0.615. The minimum Gasteiger partial charge on any atom is -0.444 e. The molecule has 0 aliphatic heterocycles. The van der Waals surface area contributed by atoms with Gasteiger partial charge in [-0.1, -0.05) is 0 Å². The maximum atomic E-state index is 11.5. The van der Waals surface area contributed by atoms with Gasteiger partial charge in [-0.2, -0.15) is 0 Å². The smallest absolute Gasteiger partial charge is 0.407 e. The van der Waals surface area contributed by atoms with Crippen molar-refractivity contribution in [1.29, 1.82) is 0 Å². The van der Waals surface area contributed by atoms with E-state index in [0.717, 1.165) is 6.07 Å². The zero-order valence-electron chi connectivity index (χ0n) is 12.7. The minimum atomic E-state index is -1.54. The van der Waals surface area contributed by atoms with E-state index in [9.17, 15) is 24.6 Å². The lowest BCUT2D eigenvalue weighted by Crippen LogP contribution is -2.35. The van der Waals surface area contributed by atoms with Crippen LogP contribution < -0.4 is 16.4 Å². The number of hydrogen-bond donors (Lipinski definition) is 5. The second-order valence-corrected chi connectivity index (χ2v) is 5.77. The maximum Gasteiger partial charge on any atom is 0.407 e. The highest BCUT2D eigenvalue weighted by Gasteiger charge is 2.22. The van der Waals surface area contributed by atoms with Crippen LogP contribution in [0.4, 0.5) is 4.79 Å². The number of carbonyl (C=O) groups is 1. The fourth-order valence-corrected chi connectivity index (χ4v) is 1.65. The number of amides is 1. The van der Waals surface area contributed by atoms with Crippen LogP contribution in [0.5, 0.6) is 0 Å². The Morgan fingerprint density at radius 3 is 2.55 bits per heavy atom. The van der Waals surface area contributed by atoms with Gasteiger partial charge < -0.3 is 20.3 Å². The molecule has 1 aromatic heterocycles. The Morgan fingerprint density at radius 1 is 1.32 bits per heavy atom. The van der Waals surface area contributed by atoms with Gasteiger partial charge in [0.15, 0.2) is 0 Å². The second-order valence-electron chi connectivity index (χ2n) is 5.77. The Kier molecular flexibility index (Phi) is 5.89. The van der Waals surface area contributed by atoms with Crippen LogP contribution in [0, 0.1) is 0 Å². The van der Waals surface area contributed by atoms with Crippen molar-refractivity contribution in [3.8, 4) is 0 Å². The number of aromatic amines is 2. The molecule has 0 saturated heterocycles. The number of carbonyl (C=O) groups excluding carboxylic acids is 1. The van der Waals surface area contributed by atoms with Crippen molar-refractivity contribution >= 4 is 6.09 Å². The summed E-state index contributed by atoms with van der Waals surface area (Å²) in [6.45, 7) is 5.17. The summed E-state index contributed by atoms with van der Waals surface area (Å²) >= 11 is 0. The molecular formula is C13H21N3O6. The highest BCUT2D eigenvalue weighted by Crippen LogP contribution is 2.13. The molecule has 1 rings (SSSR count). The molecule has 0 spiro atoms. The SMILES string of the molecule is CC(C)(C)OC(=O)NCCC(O)C(O)c1cc(=O)[nH][nH]c1=O. The molecule has 124 valence electrons. The van der Waals surface area contributed by atoms with Gasteiger partial charge in [0, 0.05) is 12.6 Å². The molecule has 0 aromatic carbocycles.